The van der Waals surface area contributed by atoms with Crippen LogP contribution in [0.3, 0.4) is 0 Å². The molecule has 5 heteroatoms. The van der Waals surface area contributed by atoms with Crippen LogP contribution in [-0.2, 0) is 9.59 Å². The maximum Gasteiger partial charge on any atom is 0.308 e. The summed E-state index contributed by atoms with van der Waals surface area (Å²) in [7, 11) is 0. The van der Waals surface area contributed by atoms with Crippen LogP contribution in [0.15, 0.2) is 54.6 Å². The molecule has 0 bridgehead atoms. The van der Waals surface area contributed by atoms with Crippen molar-refractivity contribution >= 4 is 11.9 Å². The van der Waals surface area contributed by atoms with Gasteiger partial charge in [-0.15, -0.1) is 0 Å². The van der Waals surface area contributed by atoms with Gasteiger partial charge in [-0.3, -0.25) is 9.59 Å². The molecular weight excluding hydrogens is 330 g/mol. The summed E-state index contributed by atoms with van der Waals surface area (Å²) in [5.41, 5.74) is 1.84. The number of nitrogens with one attached hydrogen (secondary N) is 1. The number of rotatable bonds is 9. The Morgan fingerprint density at radius 3 is 2.38 bits per heavy atom. The van der Waals surface area contributed by atoms with Crippen molar-refractivity contribution in [2.75, 3.05) is 6.61 Å². The van der Waals surface area contributed by atoms with E-state index < -0.39 is 17.9 Å². The normalized spacial score (nSPS) is 12.8. The highest BCUT2D eigenvalue weighted by molar-refractivity contribution is 5.78. The zero-order valence-corrected chi connectivity index (χ0v) is 15.1. The van der Waals surface area contributed by atoms with Crippen LogP contribution < -0.4 is 10.1 Å². The van der Waals surface area contributed by atoms with Gasteiger partial charge in [-0.1, -0.05) is 48.5 Å². The first-order valence-electron chi connectivity index (χ1n) is 8.74. The molecule has 138 valence electrons. The first-order chi connectivity index (χ1) is 12.5. The number of amides is 1. The van der Waals surface area contributed by atoms with E-state index >= 15 is 0 Å². The van der Waals surface area contributed by atoms with Gasteiger partial charge in [0.25, 0.3) is 0 Å². The molecule has 0 aliphatic heterocycles. The molecule has 0 fully saturated rings. The molecule has 2 rings (SSSR count). The summed E-state index contributed by atoms with van der Waals surface area (Å²) in [6.45, 7) is 4.00. The van der Waals surface area contributed by atoms with Crippen LogP contribution in [0.25, 0.3) is 0 Å². The second kappa shape index (κ2) is 9.61. The minimum atomic E-state index is -0.943. The number of hydrogen-bond donors (Lipinski definition) is 2. The van der Waals surface area contributed by atoms with E-state index in [1.165, 1.54) is 0 Å². The Kier molecular flexibility index (Phi) is 7.21. The van der Waals surface area contributed by atoms with Crippen molar-refractivity contribution in [3.05, 3.63) is 65.7 Å². The highest BCUT2D eigenvalue weighted by Crippen LogP contribution is 2.22. The Hall–Kier alpha value is -2.82. The lowest BCUT2D eigenvalue weighted by Crippen LogP contribution is -2.35. The van der Waals surface area contributed by atoms with Crippen LogP contribution >= 0.6 is 0 Å². The smallest absolute Gasteiger partial charge is 0.308 e. The molecule has 2 N–H and O–H groups in total. The van der Waals surface area contributed by atoms with E-state index in [9.17, 15) is 14.7 Å². The molecule has 1 amide bonds. The monoisotopic (exact) mass is 355 g/mol. The third kappa shape index (κ3) is 5.62. The Morgan fingerprint density at radius 1 is 1.08 bits per heavy atom. The number of aliphatic carboxylic acids is 1. The van der Waals surface area contributed by atoms with E-state index in [1.54, 1.807) is 6.92 Å². The molecule has 0 heterocycles. The maximum atomic E-state index is 12.3. The SMILES string of the molecule is Cc1ccccc1OCCCC(=O)NC(c1ccccc1)C(C)C(=O)O. The quantitative estimate of drug-likeness (QED) is 0.672. The van der Waals surface area contributed by atoms with E-state index in [1.807, 2.05) is 61.5 Å². The molecule has 5 nitrogen and oxygen atoms in total. The number of ether oxygens (including phenoxy) is 1. The van der Waals surface area contributed by atoms with Crippen molar-refractivity contribution in [1.82, 2.24) is 5.32 Å². The van der Waals surface area contributed by atoms with Gasteiger partial charge in [0.15, 0.2) is 0 Å². The molecule has 2 aromatic rings. The van der Waals surface area contributed by atoms with Crippen LogP contribution in [0.2, 0.25) is 0 Å². The van der Waals surface area contributed by atoms with E-state index in [-0.39, 0.29) is 12.3 Å². The fourth-order valence-electron chi connectivity index (χ4n) is 2.68. The number of carboxylic acid groups (broad SMARTS) is 1. The summed E-state index contributed by atoms with van der Waals surface area (Å²) in [6, 6.07) is 16.3. The molecule has 0 saturated carbocycles. The fraction of sp³-hybridized carbons (Fsp3) is 0.333. The van der Waals surface area contributed by atoms with Crippen molar-refractivity contribution in [2.24, 2.45) is 5.92 Å². The summed E-state index contributed by atoms with van der Waals surface area (Å²) in [5.74, 6) is -1.03. The number of aryl methyl sites for hydroxylation is 1. The summed E-state index contributed by atoms with van der Waals surface area (Å²) >= 11 is 0. The predicted octanol–water partition coefficient (Wildman–Crippen LogP) is 3.73. The van der Waals surface area contributed by atoms with Gasteiger partial charge in [-0.25, -0.2) is 0 Å². The molecule has 0 aliphatic rings. The molecule has 0 spiro atoms. The first kappa shape index (κ1) is 19.5. The lowest BCUT2D eigenvalue weighted by atomic mass is 9.94. The molecule has 2 aromatic carbocycles. The summed E-state index contributed by atoms with van der Waals surface area (Å²) < 4.78 is 5.69. The highest BCUT2D eigenvalue weighted by Gasteiger charge is 2.26. The van der Waals surface area contributed by atoms with Gasteiger partial charge in [-0.05, 0) is 37.5 Å². The van der Waals surface area contributed by atoms with Crippen molar-refractivity contribution in [3.8, 4) is 5.75 Å². The largest absolute Gasteiger partial charge is 0.493 e. The third-order valence-electron chi connectivity index (χ3n) is 4.26. The van der Waals surface area contributed by atoms with E-state index in [2.05, 4.69) is 5.32 Å². The van der Waals surface area contributed by atoms with Gasteiger partial charge in [0, 0.05) is 6.42 Å². The molecule has 2 unspecified atom stereocenters. The summed E-state index contributed by atoms with van der Waals surface area (Å²) in [6.07, 6.45) is 0.838. The van der Waals surface area contributed by atoms with E-state index in [0.29, 0.717) is 13.0 Å². The minimum Gasteiger partial charge on any atom is -0.493 e. The zero-order valence-electron chi connectivity index (χ0n) is 15.1. The first-order valence-corrected chi connectivity index (χ1v) is 8.74. The van der Waals surface area contributed by atoms with Crippen LogP contribution in [0.5, 0.6) is 5.75 Å². The Balaban J connectivity index is 1.87. The van der Waals surface area contributed by atoms with Crippen LogP contribution in [-0.4, -0.2) is 23.6 Å². The lowest BCUT2D eigenvalue weighted by Gasteiger charge is -2.23. The molecule has 2 atom stereocenters. The maximum absolute atomic E-state index is 12.3. The molecular formula is C21H25NO4. The van der Waals surface area contributed by atoms with Crippen molar-refractivity contribution < 1.29 is 19.4 Å². The van der Waals surface area contributed by atoms with Gasteiger partial charge in [0.2, 0.25) is 5.91 Å². The molecule has 0 aliphatic carbocycles. The van der Waals surface area contributed by atoms with Gasteiger partial charge < -0.3 is 15.2 Å². The average molecular weight is 355 g/mol. The van der Waals surface area contributed by atoms with Gasteiger partial charge in [0.05, 0.1) is 18.6 Å². The molecule has 0 aromatic heterocycles. The molecule has 0 saturated heterocycles. The summed E-state index contributed by atoms with van der Waals surface area (Å²) in [5, 5.41) is 12.2. The Labute approximate surface area is 154 Å². The van der Waals surface area contributed by atoms with E-state index in [4.69, 9.17) is 4.74 Å². The van der Waals surface area contributed by atoms with Gasteiger partial charge in [0.1, 0.15) is 5.75 Å². The number of carboxylic acids is 1. The average Bonchev–Trinajstić information content (AvgIpc) is 2.64. The van der Waals surface area contributed by atoms with Crippen LogP contribution in [0, 0.1) is 12.8 Å². The highest BCUT2D eigenvalue weighted by atomic mass is 16.5. The predicted molar refractivity (Wildman–Crippen MR) is 100 cm³/mol. The second-order valence-electron chi connectivity index (χ2n) is 6.30. The van der Waals surface area contributed by atoms with E-state index in [0.717, 1.165) is 16.9 Å². The fourth-order valence-corrected chi connectivity index (χ4v) is 2.68. The number of carbonyl (C=O) groups is 2. The summed E-state index contributed by atoms with van der Waals surface area (Å²) in [4.78, 5) is 23.6. The molecule has 0 radical (unpaired) electrons. The van der Waals surface area contributed by atoms with Crippen LogP contribution in [0.4, 0.5) is 0 Å². The zero-order chi connectivity index (χ0) is 18.9. The van der Waals surface area contributed by atoms with Crippen molar-refractivity contribution in [3.63, 3.8) is 0 Å². The standard InChI is InChI=1S/C21H25NO4/c1-15-9-6-7-12-18(15)26-14-8-13-19(23)22-20(16(2)21(24)25)17-10-4-3-5-11-17/h3-7,9-12,16,20H,8,13-14H2,1-2H3,(H,22,23)(H,24,25). The molecule has 26 heavy (non-hydrogen) atoms. The second-order valence-corrected chi connectivity index (χ2v) is 6.30. The Morgan fingerprint density at radius 2 is 1.73 bits per heavy atom. The van der Waals surface area contributed by atoms with Crippen molar-refractivity contribution in [1.29, 1.82) is 0 Å². The van der Waals surface area contributed by atoms with Gasteiger partial charge >= 0.3 is 5.97 Å². The number of hydrogen-bond acceptors (Lipinski definition) is 3. The third-order valence-corrected chi connectivity index (χ3v) is 4.26. The Bertz CT molecular complexity index is 730. The minimum absolute atomic E-state index is 0.180. The lowest BCUT2D eigenvalue weighted by molar-refractivity contribution is -0.142. The van der Waals surface area contributed by atoms with Crippen LogP contribution in [0.1, 0.15) is 36.9 Å². The number of para-hydroxylation sites is 1. The van der Waals surface area contributed by atoms with Gasteiger partial charge in [-0.2, -0.15) is 0 Å². The number of benzene rings is 2. The topological polar surface area (TPSA) is 75.6 Å². The van der Waals surface area contributed by atoms with Crippen molar-refractivity contribution in [2.45, 2.75) is 32.7 Å². The number of carbonyl (C=O) groups excluding carboxylic acids is 1.